The third kappa shape index (κ3) is 4.93. The second-order valence-corrected chi connectivity index (χ2v) is 21.3. The fourth-order valence-electron chi connectivity index (χ4n) is 12.0. The molecular formula is C61H51BN2. The molecule has 4 heterocycles. The number of aromatic nitrogens is 1. The van der Waals surface area contributed by atoms with Crippen molar-refractivity contribution in [1.29, 1.82) is 0 Å². The predicted molar refractivity (Wildman–Crippen MR) is 276 cm³/mol. The minimum Gasteiger partial charge on any atom is -0.311 e. The molecule has 4 bridgehead atoms. The van der Waals surface area contributed by atoms with Crippen LogP contribution >= 0.6 is 0 Å². The van der Waals surface area contributed by atoms with Crippen molar-refractivity contribution in [3.63, 3.8) is 0 Å². The van der Waals surface area contributed by atoms with E-state index in [1.165, 1.54) is 127 Å². The fraction of sp³-hybridized carbons (Fsp3) is 0.180. The Morgan fingerprint density at radius 1 is 0.469 bits per heavy atom. The van der Waals surface area contributed by atoms with Gasteiger partial charge in [0.05, 0.1) is 11.0 Å². The highest BCUT2D eigenvalue weighted by Crippen LogP contribution is 2.52. The lowest BCUT2D eigenvalue weighted by atomic mass is 9.33. The lowest BCUT2D eigenvalue weighted by molar-refractivity contribution is 0.590. The molecule has 0 fully saturated rings. The van der Waals surface area contributed by atoms with Gasteiger partial charge in [-0.05, 0) is 136 Å². The molecule has 3 aliphatic heterocycles. The van der Waals surface area contributed by atoms with E-state index in [1.54, 1.807) is 0 Å². The molecule has 1 aromatic heterocycles. The second-order valence-electron chi connectivity index (χ2n) is 21.3. The van der Waals surface area contributed by atoms with Gasteiger partial charge in [-0.15, -0.1) is 0 Å². The van der Waals surface area contributed by atoms with E-state index >= 15 is 0 Å². The molecule has 308 valence electrons. The summed E-state index contributed by atoms with van der Waals surface area (Å²) in [6, 6.07) is 63.5. The van der Waals surface area contributed by atoms with Crippen molar-refractivity contribution in [3.05, 3.63) is 186 Å². The van der Waals surface area contributed by atoms with Crippen molar-refractivity contribution >= 4 is 83.5 Å². The van der Waals surface area contributed by atoms with E-state index in [0.717, 1.165) is 0 Å². The number of fused-ring (bicyclic) bond motifs is 5. The first-order valence-electron chi connectivity index (χ1n) is 23.1. The van der Waals surface area contributed by atoms with Crippen LogP contribution < -0.4 is 21.3 Å². The van der Waals surface area contributed by atoms with Gasteiger partial charge in [0.1, 0.15) is 0 Å². The van der Waals surface area contributed by atoms with Crippen molar-refractivity contribution in [1.82, 2.24) is 4.57 Å². The largest absolute Gasteiger partial charge is 0.311 e. The summed E-state index contributed by atoms with van der Waals surface area (Å²) in [5.74, 6) is 0. The Kier molecular flexibility index (Phi) is 7.46. The molecule has 0 unspecified atom stereocenters. The number of hydrogen-bond acceptors (Lipinski definition) is 1. The molecule has 0 saturated carbocycles. The maximum absolute atomic E-state index is 2.67. The molecule has 10 aromatic rings. The summed E-state index contributed by atoms with van der Waals surface area (Å²) < 4.78 is 2.67. The molecule has 2 nitrogen and oxygen atoms in total. The van der Waals surface area contributed by atoms with Gasteiger partial charge in [0.25, 0.3) is 6.71 Å². The van der Waals surface area contributed by atoms with Crippen LogP contribution in [0.15, 0.2) is 164 Å². The molecule has 0 radical (unpaired) electrons. The summed E-state index contributed by atoms with van der Waals surface area (Å²) in [6.07, 6.45) is 0. The van der Waals surface area contributed by atoms with Crippen molar-refractivity contribution in [2.75, 3.05) is 4.90 Å². The van der Waals surface area contributed by atoms with Gasteiger partial charge < -0.3 is 9.47 Å². The second kappa shape index (κ2) is 12.7. The van der Waals surface area contributed by atoms with Gasteiger partial charge >= 0.3 is 0 Å². The third-order valence-corrected chi connectivity index (χ3v) is 15.3. The fourth-order valence-corrected chi connectivity index (χ4v) is 12.0. The molecule has 0 aliphatic carbocycles. The van der Waals surface area contributed by atoms with E-state index < -0.39 is 0 Å². The Labute approximate surface area is 376 Å². The zero-order chi connectivity index (χ0) is 43.6. The van der Waals surface area contributed by atoms with Gasteiger partial charge in [-0.2, -0.15) is 0 Å². The highest BCUT2D eigenvalue weighted by Gasteiger charge is 2.45. The van der Waals surface area contributed by atoms with Crippen LogP contribution in [0.1, 0.15) is 77.6 Å². The van der Waals surface area contributed by atoms with Crippen molar-refractivity contribution in [2.45, 2.75) is 71.6 Å². The van der Waals surface area contributed by atoms with Gasteiger partial charge in [-0.3, -0.25) is 0 Å². The van der Waals surface area contributed by atoms with E-state index in [1.807, 2.05) is 0 Å². The highest BCUT2D eigenvalue weighted by atomic mass is 15.2. The van der Waals surface area contributed by atoms with E-state index in [2.05, 4.69) is 229 Å². The van der Waals surface area contributed by atoms with Crippen LogP contribution in [-0.4, -0.2) is 11.3 Å². The maximum Gasteiger partial charge on any atom is 0.253 e. The van der Waals surface area contributed by atoms with Crippen LogP contribution in [0.3, 0.4) is 0 Å². The first kappa shape index (κ1) is 37.7. The van der Waals surface area contributed by atoms with Crippen molar-refractivity contribution in [2.24, 2.45) is 0 Å². The average Bonchev–Trinajstić information content (AvgIpc) is 3.62. The Morgan fingerprint density at radius 3 is 1.83 bits per heavy atom. The molecule has 0 saturated heterocycles. The summed E-state index contributed by atoms with van der Waals surface area (Å²) in [7, 11) is 0. The number of benzene rings is 9. The summed E-state index contributed by atoms with van der Waals surface area (Å²) in [4.78, 5) is 2.57. The SMILES string of the molecule is CC(C)(C)c1ccc(N2c3ccc4cc3B3c5c2cccc5-n2c5cc(C(C)(C)C)ccc5c5cc6c(-c7ccccc7)c7cccc(c7c(-c7ccccc7)c6c3c52)C4(C)C)cc1. The third-order valence-electron chi connectivity index (χ3n) is 15.3. The zero-order valence-electron chi connectivity index (χ0n) is 38.1. The normalized spacial score (nSPS) is 14.6. The average molecular weight is 823 g/mol. The molecule has 0 spiro atoms. The van der Waals surface area contributed by atoms with Crippen molar-refractivity contribution in [3.8, 4) is 27.9 Å². The van der Waals surface area contributed by atoms with Crippen molar-refractivity contribution < 1.29 is 0 Å². The molecular weight excluding hydrogens is 771 g/mol. The van der Waals surface area contributed by atoms with E-state index in [9.17, 15) is 0 Å². The molecule has 64 heavy (non-hydrogen) atoms. The number of anilines is 3. The van der Waals surface area contributed by atoms with Gasteiger partial charge in [0.15, 0.2) is 0 Å². The molecule has 0 amide bonds. The van der Waals surface area contributed by atoms with Gasteiger partial charge in [0, 0.05) is 38.9 Å². The standard InChI is InChI=1S/C61H51BN2/c1-59(2,3)38-25-29-41(30-26-38)63-48-32-28-40-33-47(48)62-56-49(63)23-16-24-50(56)64-51-34-39(60(4,5)6)27-31-42(51)44-35-45-52(36-17-11-9-12-18-36)43-21-15-22-46(61(40,7)8)54(43)53(37-19-13-10-14-20-37)55(45)57(62)58(44)64/h9-35H,1-8H3. The number of hydrogen-bond donors (Lipinski definition) is 0. The van der Waals surface area contributed by atoms with Crippen LogP contribution in [0.2, 0.25) is 0 Å². The van der Waals surface area contributed by atoms with Gasteiger partial charge in [-0.1, -0.05) is 177 Å². The molecule has 13 rings (SSSR count). The molecule has 3 heteroatoms. The topological polar surface area (TPSA) is 8.17 Å². The lowest BCUT2D eigenvalue weighted by Gasteiger charge is -2.42. The Balaban J connectivity index is 1.32. The molecule has 0 N–H and O–H groups in total. The van der Waals surface area contributed by atoms with Crippen LogP contribution in [0.4, 0.5) is 17.1 Å². The minimum absolute atomic E-state index is 0.0178. The summed E-state index contributed by atoms with van der Waals surface area (Å²) >= 11 is 0. The van der Waals surface area contributed by atoms with E-state index in [-0.39, 0.29) is 23.0 Å². The van der Waals surface area contributed by atoms with Gasteiger partial charge in [0.2, 0.25) is 0 Å². The quantitative estimate of drug-likeness (QED) is 0.127. The van der Waals surface area contributed by atoms with Crippen LogP contribution in [0, 0.1) is 0 Å². The zero-order valence-corrected chi connectivity index (χ0v) is 38.1. The van der Waals surface area contributed by atoms with Crippen LogP contribution in [0.25, 0.3) is 71.3 Å². The van der Waals surface area contributed by atoms with Gasteiger partial charge in [-0.25, -0.2) is 0 Å². The Hall–Kier alpha value is -6.84. The number of nitrogens with zero attached hydrogens (tertiary/aromatic N) is 2. The first-order valence-corrected chi connectivity index (χ1v) is 23.1. The molecule has 9 aromatic carbocycles. The maximum atomic E-state index is 2.67. The van der Waals surface area contributed by atoms with E-state index in [4.69, 9.17) is 0 Å². The summed E-state index contributed by atoms with van der Waals surface area (Å²) in [5.41, 5.74) is 21.9. The summed E-state index contributed by atoms with van der Waals surface area (Å²) in [6.45, 7) is 18.8. The Bertz CT molecular complexity index is 3630. The van der Waals surface area contributed by atoms with Crippen LogP contribution in [0.5, 0.6) is 0 Å². The summed E-state index contributed by atoms with van der Waals surface area (Å²) in [5, 5.41) is 7.94. The monoisotopic (exact) mass is 822 g/mol. The molecule has 3 aliphatic rings. The highest BCUT2D eigenvalue weighted by molar-refractivity contribution is 7.02. The molecule has 0 atom stereocenters. The lowest BCUT2D eigenvalue weighted by Crippen LogP contribution is -2.61. The predicted octanol–water partition coefficient (Wildman–Crippen LogP) is 14.3. The number of rotatable bonds is 3. The van der Waals surface area contributed by atoms with Crippen LogP contribution in [-0.2, 0) is 16.2 Å². The van der Waals surface area contributed by atoms with E-state index in [0.29, 0.717) is 0 Å². The first-order chi connectivity index (χ1) is 30.8. The minimum atomic E-state index is -0.326. The Morgan fingerprint density at radius 2 is 1.12 bits per heavy atom. The smallest absolute Gasteiger partial charge is 0.253 e.